The first-order valence-corrected chi connectivity index (χ1v) is 7.37. The molecule has 10 heteroatoms. The molecule has 126 valence electrons. The number of imidazole rings is 1. The van der Waals surface area contributed by atoms with Crippen molar-refractivity contribution in [3.63, 3.8) is 0 Å². The van der Waals surface area contributed by atoms with Gasteiger partial charge in [0.15, 0.2) is 5.82 Å². The van der Waals surface area contributed by atoms with E-state index in [9.17, 15) is 4.39 Å². The van der Waals surface area contributed by atoms with Crippen LogP contribution in [0.2, 0.25) is 0 Å². The number of fused-ring (bicyclic) bond motifs is 1. The average Bonchev–Trinajstić information content (AvgIpc) is 3.17. The fourth-order valence-electron chi connectivity index (χ4n) is 2.47. The standard InChI is InChI=1S/C15H13FN8O/c1-23-14(20-21-22-23)24-11-6-3-5-10(16)13(11)19-15(24)25-8-9-4-2-7-12(17)18-9/h2-7H,8H2,1H3,(H2,17,18). The molecule has 0 saturated carbocycles. The van der Waals surface area contributed by atoms with Gasteiger partial charge in [-0.3, -0.25) is 0 Å². The van der Waals surface area contributed by atoms with Gasteiger partial charge in [0.2, 0.25) is 0 Å². The van der Waals surface area contributed by atoms with E-state index < -0.39 is 5.82 Å². The molecule has 0 aliphatic rings. The Labute approximate surface area is 140 Å². The molecule has 0 unspecified atom stereocenters. The van der Waals surface area contributed by atoms with Gasteiger partial charge in [0.05, 0.1) is 11.2 Å². The van der Waals surface area contributed by atoms with Crippen molar-refractivity contribution in [2.75, 3.05) is 5.73 Å². The number of tetrazole rings is 1. The third-order valence-corrected chi connectivity index (χ3v) is 3.58. The SMILES string of the molecule is Cn1nnnc1-n1c(OCc2cccc(N)n2)nc2c(F)cccc21. The summed E-state index contributed by atoms with van der Waals surface area (Å²) >= 11 is 0. The predicted molar refractivity (Wildman–Crippen MR) is 86.4 cm³/mol. The number of aromatic nitrogens is 7. The molecule has 0 spiro atoms. The number of rotatable bonds is 4. The number of nitrogen functional groups attached to an aromatic ring is 1. The van der Waals surface area contributed by atoms with E-state index in [0.29, 0.717) is 23.0 Å². The van der Waals surface area contributed by atoms with E-state index in [2.05, 4.69) is 25.5 Å². The first-order chi connectivity index (χ1) is 12.1. The largest absolute Gasteiger partial charge is 0.458 e. The van der Waals surface area contributed by atoms with Crippen molar-refractivity contribution in [1.82, 2.24) is 34.7 Å². The van der Waals surface area contributed by atoms with Gasteiger partial charge in [0, 0.05) is 7.05 Å². The van der Waals surface area contributed by atoms with Crippen LogP contribution in [0.5, 0.6) is 6.01 Å². The number of ether oxygens (including phenoxy) is 1. The van der Waals surface area contributed by atoms with Crippen LogP contribution in [0.4, 0.5) is 10.2 Å². The van der Waals surface area contributed by atoms with Crippen LogP contribution in [0.15, 0.2) is 36.4 Å². The van der Waals surface area contributed by atoms with Crippen molar-refractivity contribution in [3.05, 3.63) is 47.9 Å². The van der Waals surface area contributed by atoms with Gasteiger partial charge in [-0.1, -0.05) is 17.2 Å². The number of anilines is 1. The molecule has 0 radical (unpaired) electrons. The van der Waals surface area contributed by atoms with E-state index in [1.54, 1.807) is 41.9 Å². The summed E-state index contributed by atoms with van der Waals surface area (Å²) in [5.41, 5.74) is 6.95. The van der Waals surface area contributed by atoms with Crippen LogP contribution < -0.4 is 10.5 Å². The van der Waals surface area contributed by atoms with Crippen LogP contribution in [0.1, 0.15) is 5.69 Å². The lowest BCUT2D eigenvalue weighted by Crippen LogP contribution is -2.09. The number of hydrogen-bond donors (Lipinski definition) is 1. The summed E-state index contributed by atoms with van der Waals surface area (Å²) in [6, 6.07) is 10.0. The van der Waals surface area contributed by atoms with E-state index in [1.165, 1.54) is 10.7 Å². The zero-order valence-corrected chi connectivity index (χ0v) is 13.2. The van der Waals surface area contributed by atoms with Gasteiger partial charge >= 0.3 is 6.01 Å². The number of hydrogen-bond acceptors (Lipinski definition) is 7. The Kier molecular flexibility index (Phi) is 3.49. The van der Waals surface area contributed by atoms with Gasteiger partial charge < -0.3 is 10.5 Å². The number of nitrogens with two attached hydrogens (primary N) is 1. The van der Waals surface area contributed by atoms with Crippen molar-refractivity contribution in [3.8, 4) is 12.0 Å². The predicted octanol–water partition coefficient (Wildman–Crippen LogP) is 1.24. The normalized spacial score (nSPS) is 11.1. The van der Waals surface area contributed by atoms with E-state index in [0.717, 1.165) is 0 Å². The second-order valence-electron chi connectivity index (χ2n) is 5.28. The average molecular weight is 340 g/mol. The fraction of sp³-hybridized carbons (Fsp3) is 0.133. The number of halogens is 1. The number of pyridine rings is 1. The van der Waals surface area contributed by atoms with E-state index in [1.807, 2.05) is 0 Å². The van der Waals surface area contributed by atoms with Crippen molar-refractivity contribution in [2.45, 2.75) is 6.61 Å². The van der Waals surface area contributed by atoms with E-state index in [4.69, 9.17) is 10.5 Å². The minimum absolute atomic E-state index is 0.112. The Hall–Kier alpha value is -3.56. The second kappa shape index (κ2) is 5.82. The molecular weight excluding hydrogens is 327 g/mol. The van der Waals surface area contributed by atoms with Gasteiger partial charge in [0.25, 0.3) is 5.95 Å². The van der Waals surface area contributed by atoms with Crippen molar-refractivity contribution < 1.29 is 9.13 Å². The molecule has 0 amide bonds. The lowest BCUT2D eigenvalue weighted by atomic mass is 10.3. The monoisotopic (exact) mass is 340 g/mol. The van der Waals surface area contributed by atoms with Crippen LogP contribution in [-0.2, 0) is 13.7 Å². The highest BCUT2D eigenvalue weighted by Gasteiger charge is 2.20. The van der Waals surface area contributed by atoms with Crippen molar-refractivity contribution in [2.24, 2.45) is 7.05 Å². The first-order valence-electron chi connectivity index (χ1n) is 7.37. The van der Waals surface area contributed by atoms with Crippen LogP contribution in [-0.4, -0.2) is 34.7 Å². The Morgan fingerprint density at radius 2 is 2.00 bits per heavy atom. The molecule has 0 aliphatic carbocycles. The maximum atomic E-state index is 14.1. The van der Waals surface area contributed by atoms with Crippen molar-refractivity contribution >= 4 is 16.9 Å². The maximum Gasteiger partial charge on any atom is 0.305 e. The third-order valence-electron chi connectivity index (χ3n) is 3.58. The summed E-state index contributed by atoms with van der Waals surface area (Å²) in [6.07, 6.45) is 0. The first kappa shape index (κ1) is 15.0. The molecule has 4 aromatic rings. The molecule has 3 heterocycles. The van der Waals surface area contributed by atoms with Gasteiger partial charge in [-0.2, -0.15) is 4.98 Å². The summed E-state index contributed by atoms with van der Waals surface area (Å²) in [4.78, 5) is 8.41. The zero-order valence-electron chi connectivity index (χ0n) is 13.2. The summed E-state index contributed by atoms with van der Waals surface area (Å²) < 4.78 is 22.9. The topological polar surface area (TPSA) is 110 Å². The van der Waals surface area contributed by atoms with Gasteiger partial charge in [0.1, 0.15) is 17.9 Å². The molecule has 4 rings (SSSR count). The van der Waals surface area contributed by atoms with E-state index >= 15 is 0 Å². The van der Waals surface area contributed by atoms with Gasteiger partial charge in [-0.25, -0.2) is 18.6 Å². The summed E-state index contributed by atoms with van der Waals surface area (Å²) in [6.45, 7) is 0.112. The van der Waals surface area contributed by atoms with Crippen LogP contribution in [0.3, 0.4) is 0 Å². The second-order valence-corrected chi connectivity index (χ2v) is 5.28. The highest BCUT2D eigenvalue weighted by Crippen LogP contribution is 2.26. The molecule has 1 aromatic carbocycles. The maximum absolute atomic E-state index is 14.1. The highest BCUT2D eigenvalue weighted by atomic mass is 19.1. The fourth-order valence-corrected chi connectivity index (χ4v) is 2.47. The number of nitrogens with zero attached hydrogens (tertiary/aromatic N) is 7. The minimum atomic E-state index is -0.460. The Bertz CT molecular complexity index is 1060. The molecule has 0 saturated heterocycles. The van der Waals surface area contributed by atoms with Crippen LogP contribution >= 0.6 is 0 Å². The van der Waals surface area contributed by atoms with Gasteiger partial charge in [-0.15, -0.1) is 0 Å². The van der Waals surface area contributed by atoms with E-state index in [-0.39, 0.29) is 18.1 Å². The molecule has 2 N–H and O–H groups in total. The number of para-hydroxylation sites is 1. The molecule has 0 atom stereocenters. The molecule has 25 heavy (non-hydrogen) atoms. The Morgan fingerprint density at radius 1 is 1.16 bits per heavy atom. The molecule has 9 nitrogen and oxygen atoms in total. The van der Waals surface area contributed by atoms with Gasteiger partial charge in [-0.05, 0) is 34.7 Å². The number of benzene rings is 1. The summed E-state index contributed by atoms with van der Waals surface area (Å²) in [5.74, 6) is 0.278. The van der Waals surface area contributed by atoms with Crippen molar-refractivity contribution in [1.29, 1.82) is 0 Å². The minimum Gasteiger partial charge on any atom is -0.458 e. The summed E-state index contributed by atoms with van der Waals surface area (Å²) in [7, 11) is 1.67. The molecular formula is C15H13FN8O. The lowest BCUT2D eigenvalue weighted by Gasteiger charge is -2.08. The Morgan fingerprint density at radius 3 is 2.76 bits per heavy atom. The molecule has 3 aromatic heterocycles. The van der Waals surface area contributed by atoms with Crippen LogP contribution in [0.25, 0.3) is 17.0 Å². The summed E-state index contributed by atoms with van der Waals surface area (Å²) in [5, 5.41) is 11.4. The molecule has 0 bridgehead atoms. The third kappa shape index (κ3) is 2.63. The Balaban J connectivity index is 1.80. The zero-order chi connectivity index (χ0) is 17.4. The number of aryl methyl sites for hydroxylation is 1. The lowest BCUT2D eigenvalue weighted by molar-refractivity contribution is 0.272. The smallest absolute Gasteiger partial charge is 0.305 e. The molecule has 0 fully saturated rings. The molecule has 0 aliphatic heterocycles. The quantitative estimate of drug-likeness (QED) is 0.595. The van der Waals surface area contributed by atoms with Crippen LogP contribution in [0, 0.1) is 5.82 Å². The highest BCUT2D eigenvalue weighted by molar-refractivity contribution is 5.79.